The van der Waals surface area contributed by atoms with Crippen molar-refractivity contribution in [3.63, 3.8) is 0 Å². The quantitative estimate of drug-likeness (QED) is 0.332. The summed E-state index contributed by atoms with van der Waals surface area (Å²) in [7, 11) is 1.75. The predicted molar refractivity (Wildman–Crippen MR) is 120 cm³/mol. The standard InChI is InChI=1S/C23H24ClN3O2/c1-23(24)11-9-17(10-12-23)27-22(25)14-20(26-2)19-13-16(5-8-21(19)29)15-3-6-18(28)7-4-15/h3-11,13-14,26,28-29H,12H2,1-2H3,(H2,25,27)/b20-14-. The number of aliphatic imine (C=N–C) groups is 1. The van der Waals surface area contributed by atoms with E-state index in [2.05, 4.69) is 10.3 Å². The molecule has 0 radical (unpaired) electrons. The monoisotopic (exact) mass is 409 g/mol. The second-order valence-electron chi connectivity index (χ2n) is 7.07. The third kappa shape index (κ3) is 5.21. The van der Waals surface area contributed by atoms with Gasteiger partial charge in [-0.05, 0) is 54.8 Å². The molecule has 0 saturated heterocycles. The summed E-state index contributed by atoms with van der Waals surface area (Å²) in [6.45, 7) is 1.94. The lowest BCUT2D eigenvalue weighted by Gasteiger charge is -2.18. The van der Waals surface area contributed by atoms with Crippen LogP contribution in [0.2, 0.25) is 0 Å². The van der Waals surface area contributed by atoms with Gasteiger partial charge in [0.2, 0.25) is 0 Å². The number of phenols is 2. The van der Waals surface area contributed by atoms with Gasteiger partial charge < -0.3 is 21.3 Å². The van der Waals surface area contributed by atoms with Crippen molar-refractivity contribution in [2.45, 2.75) is 18.2 Å². The van der Waals surface area contributed by atoms with Crippen LogP contribution in [0.15, 0.2) is 77.5 Å². The highest BCUT2D eigenvalue weighted by atomic mass is 35.5. The molecule has 6 heteroatoms. The fourth-order valence-corrected chi connectivity index (χ4v) is 3.12. The van der Waals surface area contributed by atoms with Gasteiger partial charge in [0.25, 0.3) is 0 Å². The minimum atomic E-state index is -0.389. The lowest BCUT2D eigenvalue weighted by molar-refractivity contribution is 0.473. The number of amidine groups is 1. The summed E-state index contributed by atoms with van der Waals surface area (Å²) < 4.78 is 0. The Labute approximate surface area is 175 Å². The fourth-order valence-electron chi connectivity index (χ4n) is 2.98. The van der Waals surface area contributed by atoms with E-state index in [1.807, 2.05) is 49.4 Å². The number of benzene rings is 2. The van der Waals surface area contributed by atoms with E-state index in [0.717, 1.165) is 16.8 Å². The van der Waals surface area contributed by atoms with Gasteiger partial charge >= 0.3 is 0 Å². The third-order valence-corrected chi connectivity index (χ3v) is 4.90. The van der Waals surface area contributed by atoms with Crippen molar-refractivity contribution >= 4 is 23.1 Å². The average molecular weight is 410 g/mol. The molecule has 1 unspecified atom stereocenters. The van der Waals surface area contributed by atoms with Crippen LogP contribution in [-0.4, -0.2) is 28.0 Å². The summed E-state index contributed by atoms with van der Waals surface area (Å²) in [4.78, 5) is 4.03. The molecule has 2 aromatic carbocycles. The molecular weight excluding hydrogens is 386 g/mol. The average Bonchev–Trinajstić information content (AvgIpc) is 2.69. The van der Waals surface area contributed by atoms with Crippen LogP contribution in [0.1, 0.15) is 18.9 Å². The maximum atomic E-state index is 10.4. The van der Waals surface area contributed by atoms with Crippen LogP contribution < -0.4 is 11.1 Å². The molecule has 0 heterocycles. The van der Waals surface area contributed by atoms with Crippen molar-refractivity contribution in [1.82, 2.24) is 5.32 Å². The normalized spacial score (nSPS) is 19.8. The molecule has 3 rings (SSSR count). The van der Waals surface area contributed by atoms with E-state index in [-0.39, 0.29) is 16.4 Å². The van der Waals surface area contributed by atoms with Crippen molar-refractivity contribution in [1.29, 1.82) is 0 Å². The molecule has 29 heavy (non-hydrogen) atoms. The van der Waals surface area contributed by atoms with Crippen molar-refractivity contribution in [2.24, 2.45) is 10.7 Å². The predicted octanol–water partition coefficient (Wildman–Crippen LogP) is 4.52. The first-order valence-electron chi connectivity index (χ1n) is 9.22. The van der Waals surface area contributed by atoms with E-state index in [0.29, 0.717) is 23.5 Å². The summed E-state index contributed by atoms with van der Waals surface area (Å²) in [5, 5.41) is 22.9. The molecule has 0 fully saturated rings. The van der Waals surface area contributed by atoms with Crippen LogP contribution in [0.3, 0.4) is 0 Å². The minimum Gasteiger partial charge on any atom is -0.508 e. The second-order valence-corrected chi connectivity index (χ2v) is 7.93. The summed E-state index contributed by atoms with van der Waals surface area (Å²) in [5.41, 5.74) is 9.91. The van der Waals surface area contributed by atoms with E-state index in [9.17, 15) is 10.2 Å². The molecule has 1 aliphatic rings. The summed E-state index contributed by atoms with van der Waals surface area (Å²) in [5.74, 6) is 0.626. The number of allylic oxidation sites excluding steroid dienone is 3. The van der Waals surface area contributed by atoms with E-state index in [1.54, 1.807) is 31.3 Å². The number of halogens is 1. The van der Waals surface area contributed by atoms with Crippen molar-refractivity contribution in [3.05, 3.63) is 78.0 Å². The maximum absolute atomic E-state index is 10.4. The molecule has 0 amide bonds. The van der Waals surface area contributed by atoms with Gasteiger partial charge in [-0.25, -0.2) is 4.99 Å². The summed E-state index contributed by atoms with van der Waals surface area (Å²) in [6, 6.07) is 12.2. The highest BCUT2D eigenvalue weighted by Gasteiger charge is 2.18. The highest BCUT2D eigenvalue weighted by Crippen LogP contribution is 2.31. The van der Waals surface area contributed by atoms with E-state index >= 15 is 0 Å². The fraction of sp³-hybridized carbons (Fsp3) is 0.174. The van der Waals surface area contributed by atoms with Gasteiger partial charge in [0.05, 0.1) is 10.6 Å². The molecule has 5 N–H and O–H groups in total. The number of phenolic OH excluding ortho intramolecular Hbond substituents is 2. The number of alkyl halides is 1. The Morgan fingerprint density at radius 1 is 1.17 bits per heavy atom. The maximum Gasteiger partial charge on any atom is 0.126 e. The molecule has 0 spiro atoms. The molecular formula is C23H24ClN3O2. The Bertz CT molecular complexity index is 1020. The van der Waals surface area contributed by atoms with Crippen molar-refractivity contribution < 1.29 is 10.2 Å². The first kappa shape index (κ1) is 20.6. The van der Waals surface area contributed by atoms with Gasteiger partial charge in [-0.2, -0.15) is 0 Å². The van der Waals surface area contributed by atoms with Crippen LogP contribution in [0, 0.1) is 0 Å². The Hall–Kier alpha value is -3.18. The Balaban J connectivity index is 1.92. The second kappa shape index (κ2) is 8.45. The molecule has 1 atom stereocenters. The summed E-state index contributed by atoms with van der Waals surface area (Å²) in [6.07, 6.45) is 8.04. The Morgan fingerprint density at radius 3 is 2.48 bits per heavy atom. The SMILES string of the molecule is CN/C(=C\C(N)=NC1=CCC(C)(Cl)C=C1)c1cc(-c2ccc(O)cc2)ccc1O. The molecule has 1 aliphatic carbocycles. The first-order valence-corrected chi connectivity index (χ1v) is 9.60. The van der Waals surface area contributed by atoms with Gasteiger partial charge in [0.15, 0.2) is 0 Å². The Kier molecular flexibility index (Phi) is 5.99. The van der Waals surface area contributed by atoms with E-state index < -0.39 is 0 Å². The zero-order chi connectivity index (χ0) is 21.0. The van der Waals surface area contributed by atoms with Crippen LogP contribution >= 0.6 is 11.6 Å². The van der Waals surface area contributed by atoms with Gasteiger partial charge in [-0.3, -0.25) is 0 Å². The molecule has 0 aromatic heterocycles. The molecule has 0 bridgehead atoms. The minimum absolute atomic E-state index is 0.121. The zero-order valence-electron chi connectivity index (χ0n) is 16.4. The molecule has 150 valence electrons. The number of nitrogens with one attached hydrogen (secondary N) is 1. The topological polar surface area (TPSA) is 90.9 Å². The summed E-state index contributed by atoms with van der Waals surface area (Å²) >= 11 is 6.28. The highest BCUT2D eigenvalue weighted by molar-refractivity contribution is 6.25. The smallest absolute Gasteiger partial charge is 0.126 e. The van der Waals surface area contributed by atoms with Crippen LogP contribution in [0.5, 0.6) is 11.5 Å². The number of aromatic hydroxyl groups is 2. The number of hydrogen-bond acceptors (Lipinski definition) is 4. The van der Waals surface area contributed by atoms with Gasteiger partial charge in [0.1, 0.15) is 17.3 Å². The molecule has 2 aromatic rings. The zero-order valence-corrected chi connectivity index (χ0v) is 17.1. The van der Waals surface area contributed by atoms with E-state index in [4.69, 9.17) is 17.3 Å². The number of nitrogens with two attached hydrogens (primary N) is 1. The number of nitrogens with zero attached hydrogens (tertiary/aromatic N) is 1. The number of rotatable bonds is 5. The molecule has 0 saturated carbocycles. The van der Waals surface area contributed by atoms with Crippen LogP contribution in [0.25, 0.3) is 16.8 Å². The largest absolute Gasteiger partial charge is 0.508 e. The lowest BCUT2D eigenvalue weighted by Crippen LogP contribution is -2.16. The van der Waals surface area contributed by atoms with Gasteiger partial charge in [0, 0.05) is 24.4 Å². The lowest BCUT2D eigenvalue weighted by atomic mass is 10.00. The first-order chi connectivity index (χ1) is 13.8. The molecule has 0 aliphatic heterocycles. The number of hydrogen-bond donors (Lipinski definition) is 4. The van der Waals surface area contributed by atoms with Crippen molar-refractivity contribution in [2.75, 3.05) is 7.05 Å². The van der Waals surface area contributed by atoms with Gasteiger partial charge in [-0.15, -0.1) is 11.6 Å². The van der Waals surface area contributed by atoms with Crippen LogP contribution in [0.4, 0.5) is 0 Å². The van der Waals surface area contributed by atoms with Crippen molar-refractivity contribution in [3.8, 4) is 22.6 Å². The molecule has 5 nitrogen and oxygen atoms in total. The van der Waals surface area contributed by atoms with Crippen LogP contribution in [-0.2, 0) is 0 Å². The van der Waals surface area contributed by atoms with Gasteiger partial charge in [-0.1, -0.05) is 30.4 Å². The third-order valence-electron chi connectivity index (χ3n) is 4.62. The van der Waals surface area contributed by atoms with E-state index in [1.165, 1.54) is 0 Å². The Morgan fingerprint density at radius 2 is 1.86 bits per heavy atom.